The molecule has 1 amide bonds. The molecule has 1 aromatic carbocycles. The molecule has 19 heavy (non-hydrogen) atoms. The van der Waals surface area contributed by atoms with Crippen LogP contribution in [0.5, 0.6) is 0 Å². The average Bonchev–Trinajstić information content (AvgIpc) is 2.83. The van der Waals surface area contributed by atoms with Gasteiger partial charge in [0.05, 0.1) is 5.69 Å². The van der Waals surface area contributed by atoms with Crippen molar-refractivity contribution in [3.8, 4) is 10.6 Å². The van der Waals surface area contributed by atoms with Gasteiger partial charge in [-0.25, -0.2) is 10.8 Å². The zero-order valence-electron chi connectivity index (χ0n) is 11.1. The first-order valence-corrected chi connectivity index (χ1v) is 7.05. The minimum atomic E-state index is -0.263. The molecule has 0 aliphatic rings. The van der Waals surface area contributed by atoms with Crippen molar-refractivity contribution < 1.29 is 4.79 Å². The number of carbonyl (C=O) groups is 1. The maximum atomic E-state index is 11.8. The smallest absolute Gasteiger partial charge is 0.277 e. The highest BCUT2D eigenvalue weighted by molar-refractivity contribution is 7.17. The fourth-order valence-electron chi connectivity index (χ4n) is 1.93. The van der Waals surface area contributed by atoms with Gasteiger partial charge < -0.3 is 0 Å². The summed E-state index contributed by atoms with van der Waals surface area (Å²) in [6.07, 6.45) is 1.73. The number of amides is 1. The van der Waals surface area contributed by atoms with E-state index in [1.807, 2.05) is 31.2 Å². The van der Waals surface area contributed by atoms with Crippen LogP contribution in [0.25, 0.3) is 10.6 Å². The number of nitrogens with one attached hydrogen (secondary N) is 1. The summed E-state index contributed by atoms with van der Waals surface area (Å²) in [5.41, 5.74) is 5.24. The third-order valence-corrected chi connectivity index (χ3v) is 4.03. The molecule has 2 aromatic rings. The van der Waals surface area contributed by atoms with Gasteiger partial charge in [-0.05, 0) is 18.9 Å². The molecule has 0 fully saturated rings. The second-order valence-electron chi connectivity index (χ2n) is 4.33. The number of nitrogens with two attached hydrogens (primary N) is 1. The van der Waals surface area contributed by atoms with E-state index in [4.69, 9.17) is 5.84 Å². The number of hydrazine groups is 1. The summed E-state index contributed by atoms with van der Waals surface area (Å²) in [6.45, 7) is 4.11. The van der Waals surface area contributed by atoms with Crippen molar-refractivity contribution in [2.75, 3.05) is 0 Å². The Morgan fingerprint density at radius 2 is 2.16 bits per heavy atom. The molecule has 0 bridgehead atoms. The van der Waals surface area contributed by atoms with Gasteiger partial charge in [-0.1, -0.05) is 37.6 Å². The quantitative estimate of drug-likeness (QED) is 0.512. The fourth-order valence-corrected chi connectivity index (χ4v) is 3.03. The van der Waals surface area contributed by atoms with Crippen molar-refractivity contribution in [3.05, 3.63) is 40.4 Å². The summed E-state index contributed by atoms with van der Waals surface area (Å²) in [6, 6.07) is 8.03. The lowest BCUT2D eigenvalue weighted by Crippen LogP contribution is -2.30. The molecule has 0 saturated carbocycles. The van der Waals surface area contributed by atoms with Crippen molar-refractivity contribution in [1.82, 2.24) is 10.4 Å². The molecular formula is C14H17N3OS. The Balaban J connectivity index is 2.48. The van der Waals surface area contributed by atoms with Gasteiger partial charge in [-0.15, -0.1) is 11.3 Å². The summed E-state index contributed by atoms with van der Waals surface area (Å²) in [7, 11) is 0. The number of thiazole rings is 1. The Morgan fingerprint density at radius 3 is 2.79 bits per heavy atom. The number of benzene rings is 1. The normalized spacial score (nSPS) is 10.5. The molecule has 0 aliphatic carbocycles. The van der Waals surface area contributed by atoms with Gasteiger partial charge in [0.15, 0.2) is 0 Å². The van der Waals surface area contributed by atoms with Crippen LogP contribution in [-0.4, -0.2) is 10.9 Å². The number of rotatable bonds is 4. The van der Waals surface area contributed by atoms with E-state index >= 15 is 0 Å². The number of aromatic nitrogens is 1. The van der Waals surface area contributed by atoms with Crippen LogP contribution in [-0.2, 0) is 6.42 Å². The predicted molar refractivity (Wildman–Crippen MR) is 77.9 cm³/mol. The maximum absolute atomic E-state index is 11.8. The Morgan fingerprint density at radius 1 is 1.42 bits per heavy atom. The molecule has 0 spiro atoms. The lowest BCUT2D eigenvalue weighted by Gasteiger charge is -2.00. The minimum Gasteiger partial charge on any atom is -0.289 e. The van der Waals surface area contributed by atoms with E-state index in [2.05, 4.69) is 17.3 Å². The van der Waals surface area contributed by atoms with Gasteiger partial charge >= 0.3 is 0 Å². The SMILES string of the molecule is CCCc1nc(-c2ccccc2C)sc1C(=O)NN. The Kier molecular flexibility index (Phi) is 4.29. The van der Waals surface area contributed by atoms with E-state index in [0.717, 1.165) is 34.7 Å². The van der Waals surface area contributed by atoms with E-state index < -0.39 is 0 Å². The van der Waals surface area contributed by atoms with E-state index in [-0.39, 0.29) is 5.91 Å². The van der Waals surface area contributed by atoms with Gasteiger partial charge in [0, 0.05) is 5.56 Å². The van der Waals surface area contributed by atoms with Gasteiger partial charge in [-0.3, -0.25) is 10.2 Å². The molecule has 1 heterocycles. The zero-order valence-corrected chi connectivity index (χ0v) is 11.9. The van der Waals surface area contributed by atoms with E-state index in [0.29, 0.717) is 4.88 Å². The molecule has 1 aromatic heterocycles. The van der Waals surface area contributed by atoms with Crippen molar-refractivity contribution >= 4 is 17.2 Å². The molecule has 0 unspecified atom stereocenters. The van der Waals surface area contributed by atoms with Crippen LogP contribution in [0, 0.1) is 6.92 Å². The number of aryl methyl sites for hydroxylation is 2. The lowest BCUT2D eigenvalue weighted by atomic mass is 10.1. The summed E-state index contributed by atoms with van der Waals surface area (Å²) in [5.74, 6) is 4.96. The highest BCUT2D eigenvalue weighted by Gasteiger charge is 2.18. The monoisotopic (exact) mass is 275 g/mol. The van der Waals surface area contributed by atoms with Crippen molar-refractivity contribution in [3.63, 3.8) is 0 Å². The van der Waals surface area contributed by atoms with Crippen molar-refractivity contribution in [2.45, 2.75) is 26.7 Å². The third kappa shape index (κ3) is 2.83. The van der Waals surface area contributed by atoms with Crippen LogP contribution in [0.3, 0.4) is 0 Å². The van der Waals surface area contributed by atoms with Crippen molar-refractivity contribution in [1.29, 1.82) is 0 Å². The van der Waals surface area contributed by atoms with Crippen LogP contribution in [0.4, 0.5) is 0 Å². The second-order valence-corrected chi connectivity index (χ2v) is 5.33. The number of hydrogen-bond acceptors (Lipinski definition) is 4. The van der Waals surface area contributed by atoms with E-state index in [1.54, 1.807) is 0 Å². The van der Waals surface area contributed by atoms with Crippen LogP contribution in [0.2, 0.25) is 0 Å². The van der Waals surface area contributed by atoms with Crippen LogP contribution >= 0.6 is 11.3 Å². The Hall–Kier alpha value is -1.72. The summed E-state index contributed by atoms with van der Waals surface area (Å²) < 4.78 is 0. The number of hydrogen-bond donors (Lipinski definition) is 2. The highest BCUT2D eigenvalue weighted by Crippen LogP contribution is 2.30. The molecule has 3 N–H and O–H groups in total. The molecule has 0 saturated heterocycles. The third-order valence-electron chi connectivity index (χ3n) is 2.90. The lowest BCUT2D eigenvalue weighted by molar-refractivity contribution is 0.0956. The van der Waals surface area contributed by atoms with Gasteiger partial charge in [0.2, 0.25) is 0 Å². The van der Waals surface area contributed by atoms with E-state index in [1.165, 1.54) is 11.3 Å². The fraction of sp³-hybridized carbons (Fsp3) is 0.286. The van der Waals surface area contributed by atoms with Crippen molar-refractivity contribution in [2.24, 2.45) is 5.84 Å². The standard InChI is InChI=1S/C14H17N3OS/c1-3-6-11-12(13(18)17-15)19-14(16-11)10-8-5-4-7-9(10)2/h4-5,7-8H,3,6,15H2,1-2H3,(H,17,18). The average molecular weight is 275 g/mol. The van der Waals surface area contributed by atoms with E-state index in [9.17, 15) is 4.79 Å². The Bertz CT molecular complexity index is 592. The maximum Gasteiger partial charge on any atom is 0.277 e. The molecular weight excluding hydrogens is 258 g/mol. The van der Waals surface area contributed by atoms with Gasteiger partial charge in [0.25, 0.3) is 5.91 Å². The summed E-state index contributed by atoms with van der Waals surface area (Å²) in [5, 5.41) is 0.875. The number of carbonyl (C=O) groups excluding carboxylic acids is 1. The summed E-state index contributed by atoms with van der Waals surface area (Å²) in [4.78, 5) is 17.0. The van der Waals surface area contributed by atoms with Crippen LogP contribution in [0.1, 0.15) is 34.3 Å². The van der Waals surface area contributed by atoms with Gasteiger partial charge in [-0.2, -0.15) is 0 Å². The minimum absolute atomic E-state index is 0.263. The van der Waals surface area contributed by atoms with Gasteiger partial charge in [0.1, 0.15) is 9.88 Å². The van der Waals surface area contributed by atoms with Crippen LogP contribution < -0.4 is 11.3 Å². The first-order chi connectivity index (χ1) is 9.17. The number of nitrogen functional groups attached to an aromatic ring is 1. The Labute approximate surface area is 116 Å². The molecule has 5 heteroatoms. The molecule has 0 atom stereocenters. The van der Waals surface area contributed by atoms with Crippen LogP contribution in [0.15, 0.2) is 24.3 Å². The molecule has 100 valence electrons. The summed E-state index contributed by atoms with van der Waals surface area (Å²) >= 11 is 1.40. The zero-order chi connectivity index (χ0) is 13.8. The second kappa shape index (κ2) is 5.95. The molecule has 0 aliphatic heterocycles. The molecule has 2 rings (SSSR count). The number of nitrogens with zero attached hydrogens (tertiary/aromatic N) is 1. The first-order valence-electron chi connectivity index (χ1n) is 6.24. The molecule has 4 nitrogen and oxygen atoms in total. The largest absolute Gasteiger partial charge is 0.289 e. The highest BCUT2D eigenvalue weighted by atomic mass is 32.1. The first kappa shape index (κ1) is 13.7. The predicted octanol–water partition coefficient (Wildman–Crippen LogP) is 2.67. The molecule has 0 radical (unpaired) electrons. The topological polar surface area (TPSA) is 68.0 Å².